The minimum absolute atomic E-state index is 0.00369. The Balaban J connectivity index is 1.60. The van der Waals surface area contributed by atoms with Gasteiger partial charge in [-0.1, -0.05) is 29.4 Å². The van der Waals surface area contributed by atoms with Crippen LogP contribution >= 0.6 is 0 Å². The third-order valence-electron chi connectivity index (χ3n) is 3.69. The first-order valence-corrected chi connectivity index (χ1v) is 7.32. The number of nitrogens with one attached hydrogen (secondary N) is 1. The number of fused-ring (bicyclic) bond motifs is 2. The molecule has 118 valence electrons. The number of carbonyl (C=O) groups is 1. The minimum Gasteiger partial charge on any atom is -0.356 e. The Morgan fingerprint density at radius 2 is 1.83 bits per heavy atom. The maximum Gasteiger partial charge on any atom is 0.280 e. The largest absolute Gasteiger partial charge is 0.356 e. The molecular formula is C17H12N4O3. The van der Waals surface area contributed by atoms with E-state index in [4.69, 9.17) is 4.52 Å². The third-order valence-corrected chi connectivity index (χ3v) is 3.69. The van der Waals surface area contributed by atoms with Gasteiger partial charge in [0.25, 0.3) is 5.56 Å². The molecular weight excluding hydrogens is 308 g/mol. The normalized spacial score (nSPS) is 11.0. The van der Waals surface area contributed by atoms with Crippen LogP contribution in [0.25, 0.3) is 21.9 Å². The fraction of sp³-hybridized carbons (Fsp3) is 0.0588. The number of aromatic nitrogens is 3. The summed E-state index contributed by atoms with van der Waals surface area (Å²) in [4.78, 5) is 28.7. The SMILES string of the molecule is O=C(Cc1noc2ccccc12)Nn1cnc2ccccc2c1=O. The van der Waals surface area contributed by atoms with Crippen LogP contribution in [0.3, 0.4) is 0 Å². The van der Waals surface area contributed by atoms with Crippen molar-refractivity contribution in [2.24, 2.45) is 0 Å². The first kappa shape index (κ1) is 14.1. The van der Waals surface area contributed by atoms with Crippen LogP contribution in [0.5, 0.6) is 0 Å². The van der Waals surface area contributed by atoms with Gasteiger partial charge in [0.1, 0.15) is 12.0 Å². The van der Waals surface area contributed by atoms with Crippen LogP contribution in [0.2, 0.25) is 0 Å². The van der Waals surface area contributed by atoms with Crippen LogP contribution < -0.4 is 11.0 Å². The molecule has 0 spiro atoms. The van der Waals surface area contributed by atoms with Crippen molar-refractivity contribution >= 4 is 27.8 Å². The van der Waals surface area contributed by atoms with Gasteiger partial charge in [0, 0.05) is 5.39 Å². The van der Waals surface area contributed by atoms with Crippen molar-refractivity contribution in [3.63, 3.8) is 0 Å². The van der Waals surface area contributed by atoms with E-state index in [1.165, 1.54) is 6.33 Å². The lowest BCUT2D eigenvalue weighted by Crippen LogP contribution is -2.34. The molecule has 7 heteroatoms. The Morgan fingerprint density at radius 1 is 1.08 bits per heavy atom. The number of para-hydroxylation sites is 2. The quantitative estimate of drug-likeness (QED) is 0.622. The minimum atomic E-state index is -0.381. The van der Waals surface area contributed by atoms with Gasteiger partial charge in [0.05, 0.1) is 17.3 Å². The fourth-order valence-corrected chi connectivity index (χ4v) is 2.54. The summed E-state index contributed by atoms with van der Waals surface area (Å²) in [5.74, 6) is -0.381. The Hall–Kier alpha value is -3.48. The lowest BCUT2D eigenvalue weighted by Gasteiger charge is -2.07. The molecule has 4 aromatic rings. The van der Waals surface area contributed by atoms with Crippen molar-refractivity contribution in [1.29, 1.82) is 0 Å². The van der Waals surface area contributed by atoms with Crippen LogP contribution in [0.1, 0.15) is 5.69 Å². The molecule has 2 aromatic carbocycles. The molecule has 0 fully saturated rings. The highest BCUT2D eigenvalue weighted by Crippen LogP contribution is 2.18. The van der Waals surface area contributed by atoms with E-state index in [1.54, 1.807) is 30.3 Å². The standard InChI is InChI=1S/C17H12N4O3/c22-16(9-14-11-5-2-4-8-15(11)24-20-14)19-21-10-18-13-7-3-1-6-12(13)17(21)23/h1-8,10H,9H2,(H,19,22). The van der Waals surface area contributed by atoms with Gasteiger partial charge in [-0.25, -0.2) is 9.66 Å². The van der Waals surface area contributed by atoms with Crippen molar-refractivity contribution in [3.8, 4) is 0 Å². The first-order chi connectivity index (χ1) is 11.7. The van der Waals surface area contributed by atoms with Crippen molar-refractivity contribution in [1.82, 2.24) is 14.8 Å². The molecule has 0 saturated heterocycles. The summed E-state index contributed by atoms with van der Waals surface area (Å²) in [6.07, 6.45) is 1.29. The molecule has 0 radical (unpaired) electrons. The lowest BCUT2D eigenvalue weighted by molar-refractivity contribution is -0.116. The predicted octanol–water partition coefficient (Wildman–Crippen LogP) is 1.85. The second kappa shape index (κ2) is 5.62. The van der Waals surface area contributed by atoms with Crippen molar-refractivity contribution in [3.05, 3.63) is 70.9 Å². The van der Waals surface area contributed by atoms with Gasteiger partial charge in [-0.3, -0.25) is 15.0 Å². The molecule has 1 amide bonds. The Bertz CT molecular complexity index is 1110. The molecule has 0 bridgehead atoms. The van der Waals surface area contributed by atoms with E-state index in [9.17, 15) is 9.59 Å². The molecule has 0 unspecified atom stereocenters. The summed E-state index contributed by atoms with van der Waals surface area (Å²) in [6, 6.07) is 14.2. The highest BCUT2D eigenvalue weighted by Gasteiger charge is 2.13. The molecule has 24 heavy (non-hydrogen) atoms. The average Bonchev–Trinajstić information content (AvgIpc) is 3.01. The highest BCUT2D eigenvalue weighted by atomic mass is 16.5. The van der Waals surface area contributed by atoms with Gasteiger partial charge in [-0.05, 0) is 24.3 Å². The van der Waals surface area contributed by atoms with Crippen molar-refractivity contribution in [2.45, 2.75) is 6.42 Å². The summed E-state index contributed by atoms with van der Waals surface area (Å²) in [7, 11) is 0. The fourth-order valence-electron chi connectivity index (χ4n) is 2.54. The lowest BCUT2D eigenvalue weighted by atomic mass is 10.2. The van der Waals surface area contributed by atoms with Crippen LogP contribution in [0, 0.1) is 0 Å². The maximum absolute atomic E-state index is 12.4. The van der Waals surface area contributed by atoms with Crippen LogP contribution in [0.15, 0.2) is 64.2 Å². The monoisotopic (exact) mass is 320 g/mol. The Labute approximate surface area is 135 Å². The van der Waals surface area contributed by atoms with Crippen molar-refractivity contribution in [2.75, 3.05) is 5.43 Å². The second-order valence-electron chi connectivity index (χ2n) is 5.27. The summed E-state index contributed by atoms with van der Waals surface area (Å²) in [6.45, 7) is 0. The number of hydrogen-bond donors (Lipinski definition) is 1. The summed E-state index contributed by atoms with van der Waals surface area (Å²) in [5.41, 5.74) is 3.91. The van der Waals surface area contributed by atoms with Gasteiger partial charge in [0.2, 0.25) is 5.91 Å². The van der Waals surface area contributed by atoms with E-state index in [0.29, 0.717) is 22.2 Å². The van der Waals surface area contributed by atoms with Crippen LogP contribution in [0.4, 0.5) is 0 Å². The molecule has 2 heterocycles. The van der Waals surface area contributed by atoms with E-state index in [2.05, 4.69) is 15.6 Å². The van der Waals surface area contributed by atoms with E-state index in [1.807, 2.05) is 18.2 Å². The van der Waals surface area contributed by atoms with E-state index in [0.717, 1.165) is 10.1 Å². The zero-order chi connectivity index (χ0) is 16.5. The van der Waals surface area contributed by atoms with E-state index >= 15 is 0 Å². The molecule has 0 aliphatic rings. The van der Waals surface area contributed by atoms with Gasteiger partial charge in [-0.2, -0.15) is 0 Å². The van der Waals surface area contributed by atoms with Crippen molar-refractivity contribution < 1.29 is 9.32 Å². The molecule has 0 aliphatic heterocycles. The van der Waals surface area contributed by atoms with Crippen LogP contribution in [-0.2, 0) is 11.2 Å². The highest BCUT2D eigenvalue weighted by molar-refractivity contribution is 5.90. The zero-order valence-corrected chi connectivity index (χ0v) is 12.5. The number of hydrogen-bond acceptors (Lipinski definition) is 5. The smallest absolute Gasteiger partial charge is 0.280 e. The summed E-state index contributed by atoms with van der Waals surface area (Å²) >= 11 is 0. The van der Waals surface area contributed by atoms with E-state index < -0.39 is 0 Å². The first-order valence-electron chi connectivity index (χ1n) is 7.32. The predicted molar refractivity (Wildman–Crippen MR) is 88.1 cm³/mol. The van der Waals surface area contributed by atoms with Gasteiger partial charge in [0.15, 0.2) is 5.58 Å². The number of benzene rings is 2. The molecule has 0 aliphatic carbocycles. The van der Waals surface area contributed by atoms with Gasteiger partial charge >= 0.3 is 0 Å². The second-order valence-corrected chi connectivity index (χ2v) is 5.27. The Kier molecular flexibility index (Phi) is 3.31. The average molecular weight is 320 g/mol. The zero-order valence-electron chi connectivity index (χ0n) is 12.5. The molecule has 1 N–H and O–H groups in total. The molecule has 2 aromatic heterocycles. The van der Waals surface area contributed by atoms with Gasteiger partial charge in [-0.15, -0.1) is 0 Å². The third kappa shape index (κ3) is 2.41. The number of amides is 1. The number of nitrogens with zero attached hydrogens (tertiary/aromatic N) is 3. The topological polar surface area (TPSA) is 90.0 Å². The maximum atomic E-state index is 12.4. The van der Waals surface area contributed by atoms with E-state index in [-0.39, 0.29) is 17.9 Å². The number of carbonyl (C=O) groups excluding carboxylic acids is 1. The molecule has 0 atom stereocenters. The molecule has 0 saturated carbocycles. The number of rotatable bonds is 3. The summed E-state index contributed by atoms with van der Waals surface area (Å²) < 4.78 is 6.25. The summed E-state index contributed by atoms with van der Waals surface area (Å²) in [5, 5.41) is 5.12. The molecule has 4 rings (SSSR count). The van der Waals surface area contributed by atoms with Crippen LogP contribution in [-0.4, -0.2) is 20.7 Å². The Morgan fingerprint density at radius 3 is 2.71 bits per heavy atom. The van der Waals surface area contributed by atoms with Gasteiger partial charge < -0.3 is 4.52 Å². The molecule has 7 nitrogen and oxygen atoms in total.